The molecule has 3 rings (SSSR count). The average Bonchev–Trinajstić information content (AvgIpc) is 2.97. The van der Waals surface area contributed by atoms with Crippen LogP contribution >= 0.6 is 11.3 Å². The van der Waals surface area contributed by atoms with Crippen LogP contribution in [0.15, 0.2) is 35.2 Å². The maximum absolute atomic E-state index is 12.8. The van der Waals surface area contributed by atoms with Crippen LogP contribution in [0.1, 0.15) is 43.2 Å². The summed E-state index contributed by atoms with van der Waals surface area (Å²) in [5, 5.41) is 3.10. The molecule has 30 heavy (non-hydrogen) atoms. The standard InChI is InChI=1S/C22H25N3O3S2/c1-12-7-8-18(14(3)9-12)30(27,28)25-22-23-17(6)20(29-22)21(26)24-19-15(4)10-13(2)11-16(19)5/h7-11H,1-6H3,(H,23,25)(H,24,26). The first-order valence-electron chi connectivity index (χ1n) is 9.44. The van der Waals surface area contributed by atoms with Gasteiger partial charge in [0, 0.05) is 5.69 Å². The minimum Gasteiger partial charge on any atom is -0.321 e. The van der Waals surface area contributed by atoms with Gasteiger partial charge in [0.15, 0.2) is 5.13 Å². The third-order valence-corrected chi connectivity index (χ3v) is 7.46. The summed E-state index contributed by atoms with van der Waals surface area (Å²) in [5.74, 6) is -0.308. The van der Waals surface area contributed by atoms with E-state index in [1.165, 1.54) is 0 Å². The van der Waals surface area contributed by atoms with Crippen LogP contribution in [-0.2, 0) is 10.0 Å². The van der Waals surface area contributed by atoms with Gasteiger partial charge in [-0.2, -0.15) is 0 Å². The second-order valence-electron chi connectivity index (χ2n) is 7.54. The van der Waals surface area contributed by atoms with E-state index < -0.39 is 10.0 Å². The number of carbonyl (C=O) groups excluding carboxylic acids is 1. The Hall–Kier alpha value is -2.71. The summed E-state index contributed by atoms with van der Waals surface area (Å²) >= 11 is 1.02. The molecule has 158 valence electrons. The van der Waals surface area contributed by atoms with Crippen molar-refractivity contribution in [2.24, 2.45) is 0 Å². The van der Waals surface area contributed by atoms with E-state index in [9.17, 15) is 13.2 Å². The van der Waals surface area contributed by atoms with Gasteiger partial charge in [-0.1, -0.05) is 46.7 Å². The maximum atomic E-state index is 12.8. The number of hydrogen-bond donors (Lipinski definition) is 2. The van der Waals surface area contributed by atoms with Gasteiger partial charge in [0.25, 0.3) is 15.9 Å². The largest absolute Gasteiger partial charge is 0.321 e. The fraction of sp³-hybridized carbons (Fsp3) is 0.273. The van der Waals surface area contributed by atoms with E-state index in [2.05, 4.69) is 15.0 Å². The third kappa shape index (κ3) is 4.55. The number of rotatable bonds is 5. The molecule has 6 nitrogen and oxygen atoms in total. The van der Waals surface area contributed by atoms with E-state index in [1.807, 2.05) is 45.9 Å². The molecule has 3 aromatic rings. The first-order valence-corrected chi connectivity index (χ1v) is 11.7. The van der Waals surface area contributed by atoms with Gasteiger partial charge in [-0.15, -0.1) is 0 Å². The van der Waals surface area contributed by atoms with Gasteiger partial charge in [-0.3, -0.25) is 9.52 Å². The van der Waals surface area contributed by atoms with Crippen molar-refractivity contribution in [1.82, 2.24) is 4.98 Å². The molecule has 0 saturated heterocycles. The Morgan fingerprint density at radius 3 is 2.10 bits per heavy atom. The second-order valence-corrected chi connectivity index (χ2v) is 10.2. The molecule has 0 radical (unpaired) electrons. The molecule has 2 N–H and O–H groups in total. The summed E-state index contributed by atoms with van der Waals surface area (Å²) < 4.78 is 28.1. The van der Waals surface area contributed by atoms with Gasteiger partial charge in [0.05, 0.1) is 10.6 Å². The zero-order valence-electron chi connectivity index (χ0n) is 17.9. The van der Waals surface area contributed by atoms with Crippen LogP contribution in [0.3, 0.4) is 0 Å². The molecule has 0 aliphatic heterocycles. The minimum absolute atomic E-state index is 0.162. The summed E-state index contributed by atoms with van der Waals surface area (Å²) in [6.07, 6.45) is 0. The smallest absolute Gasteiger partial charge is 0.267 e. The van der Waals surface area contributed by atoms with Crippen LogP contribution in [0, 0.1) is 41.5 Å². The van der Waals surface area contributed by atoms with Gasteiger partial charge in [-0.05, 0) is 64.3 Å². The Morgan fingerprint density at radius 1 is 0.900 bits per heavy atom. The number of hydrogen-bond acceptors (Lipinski definition) is 5. The van der Waals surface area contributed by atoms with Crippen LogP contribution in [0.5, 0.6) is 0 Å². The first kappa shape index (κ1) is 22.0. The van der Waals surface area contributed by atoms with Gasteiger partial charge in [0.2, 0.25) is 0 Å². The Bertz CT molecular complexity index is 1220. The number of aromatic nitrogens is 1. The molecular weight excluding hydrogens is 418 g/mol. The number of nitrogens with zero attached hydrogens (tertiary/aromatic N) is 1. The Morgan fingerprint density at radius 2 is 1.50 bits per heavy atom. The van der Waals surface area contributed by atoms with Crippen LogP contribution in [0.25, 0.3) is 0 Å². The van der Waals surface area contributed by atoms with Gasteiger partial charge < -0.3 is 5.32 Å². The van der Waals surface area contributed by atoms with E-state index >= 15 is 0 Å². The third-order valence-electron chi connectivity index (χ3n) is 4.76. The molecule has 0 aliphatic carbocycles. The Kier molecular flexibility index (Phi) is 6.01. The number of benzene rings is 2. The van der Waals surface area contributed by atoms with Gasteiger partial charge in [-0.25, -0.2) is 13.4 Å². The van der Waals surface area contributed by atoms with E-state index in [0.717, 1.165) is 39.3 Å². The normalized spacial score (nSPS) is 11.4. The predicted octanol–water partition coefficient (Wildman–Crippen LogP) is 5.05. The fourth-order valence-corrected chi connectivity index (χ4v) is 5.79. The summed E-state index contributed by atoms with van der Waals surface area (Å²) in [6, 6.07) is 9.15. The van der Waals surface area contributed by atoms with Crippen LogP contribution in [-0.4, -0.2) is 19.3 Å². The number of aryl methyl sites for hydroxylation is 6. The number of sulfonamides is 1. The molecule has 0 saturated carbocycles. The summed E-state index contributed by atoms with van der Waals surface area (Å²) in [6.45, 7) is 11.2. The zero-order valence-corrected chi connectivity index (χ0v) is 19.5. The predicted molar refractivity (Wildman–Crippen MR) is 122 cm³/mol. The molecule has 1 amide bonds. The SMILES string of the molecule is Cc1ccc(S(=O)(=O)Nc2nc(C)c(C(=O)Nc3c(C)cc(C)cc3C)s2)c(C)c1. The molecule has 0 bridgehead atoms. The molecule has 1 aromatic heterocycles. The highest BCUT2D eigenvalue weighted by molar-refractivity contribution is 7.93. The van der Waals surface area contributed by atoms with Crippen molar-refractivity contribution in [3.63, 3.8) is 0 Å². The van der Waals surface area contributed by atoms with Crippen LogP contribution in [0.2, 0.25) is 0 Å². The first-order chi connectivity index (χ1) is 14.0. The monoisotopic (exact) mass is 443 g/mol. The summed E-state index contributed by atoms with van der Waals surface area (Å²) in [7, 11) is -3.80. The van der Waals surface area contributed by atoms with Gasteiger partial charge >= 0.3 is 0 Å². The van der Waals surface area contributed by atoms with Crippen LogP contribution < -0.4 is 10.0 Å². The number of carbonyl (C=O) groups is 1. The molecule has 8 heteroatoms. The van der Waals surface area contributed by atoms with Crippen molar-refractivity contribution in [2.45, 2.75) is 46.4 Å². The number of thiazole rings is 1. The highest BCUT2D eigenvalue weighted by atomic mass is 32.2. The lowest BCUT2D eigenvalue weighted by Gasteiger charge is -2.12. The number of amides is 1. The summed E-state index contributed by atoms with van der Waals surface area (Å²) in [5.41, 5.74) is 5.93. The van der Waals surface area contributed by atoms with Crippen molar-refractivity contribution >= 4 is 38.1 Å². The molecule has 0 aliphatic rings. The lowest BCUT2D eigenvalue weighted by molar-refractivity contribution is 0.102. The highest BCUT2D eigenvalue weighted by Gasteiger charge is 2.22. The Balaban J connectivity index is 1.86. The highest BCUT2D eigenvalue weighted by Crippen LogP contribution is 2.28. The maximum Gasteiger partial charge on any atom is 0.267 e. The van der Waals surface area contributed by atoms with Crippen molar-refractivity contribution in [3.05, 3.63) is 68.7 Å². The molecular formula is C22H25N3O3S2. The van der Waals surface area contributed by atoms with Crippen LogP contribution in [0.4, 0.5) is 10.8 Å². The van der Waals surface area contributed by atoms with Crippen molar-refractivity contribution in [2.75, 3.05) is 10.0 Å². The molecule has 0 spiro atoms. The van der Waals surface area contributed by atoms with E-state index in [0.29, 0.717) is 16.1 Å². The topological polar surface area (TPSA) is 88.2 Å². The molecule has 0 unspecified atom stereocenters. The number of nitrogens with one attached hydrogen (secondary N) is 2. The quantitative estimate of drug-likeness (QED) is 0.578. The minimum atomic E-state index is -3.80. The molecule has 0 atom stereocenters. The zero-order chi connectivity index (χ0) is 22.2. The fourth-order valence-electron chi connectivity index (χ4n) is 3.47. The van der Waals surface area contributed by atoms with E-state index in [4.69, 9.17) is 0 Å². The lowest BCUT2D eigenvalue weighted by Crippen LogP contribution is -2.14. The average molecular weight is 444 g/mol. The molecule has 1 heterocycles. The summed E-state index contributed by atoms with van der Waals surface area (Å²) in [4.78, 5) is 17.7. The van der Waals surface area contributed by atoms with E-state index in [1.54, 1.807) is 26.0 Å². The number of anilines is 2. The Labute approximate surface area is 181 Å². The van der Waals surface area contributed by atoms with E-state index in [-0.39, 0.29) is 15.9 Å². The second kappa shape index (κ2) is 8.20. The van der Waals surface area contributed by atoms with Crippen molar-refractivity contribution in [3.8, 4) is 0 Å². The lowest BCUT2D eigenvalue weighted by atomic mass is 10.1. The molecule has 0 fully saturated rings. The van der Waals surface area contributed by atoms with Gasteiger partial charge in [0.1, 0.15) is 4.88 Å². The van der Waals surface area contributed by atoms with Crippen molar-refractivity contribution in [1.29, 1.82) is 0 Å². The van der Waals surface area contributed by atoms with Crippen molar-refractivity contribution < 1.29 is 13.2 Å². The molecule has 2 aromatic carbocycles.